The summed E-state index contributed by atoms with van der Waals surface area (Å²) in [7, 11) is 0. The van der Waals surface area contributed by atoms with Gasteiger partial charge in [-0.2, -0.15) is 0 Å². The van der Waals surface area contributed by atoms with Crippen LogP contribution in [0.4, 0.5) is 4.39 Å². The first-order chi connectivity index (χ1) is 7.42. The average molecular weight is 224 g/mol. The summed E-state index contributed by atoms with van der Waals surface area (Å²) in [4.78, 5) is 10.7. The second-order valence-electron chi connectivity index (χ2n) is 4.44. The highest BCUT2D eigenvalue weighted by Gasteiger charge is 2.42. The lowest BCUT2D eigenvalue weighted by Gasteiger charge is -2.21. The van der Waals surface area contributed by atoms with Gasteiger partial charge in [-0.05, 0) is 35.6 Å². The van der Waals surface area contributed by atoms with Gasteiger partial charge in [-0.25, -0.2) is 4.39 Å². The lowest BCUT2D eigenvalue weighted by atomic mass is 9.92. The Bertz CT molecular complexity index is 444. The number of carbonyl (C=O) groups is 1. The molecule has 0 aromatic heterocycles. The van der Waals surface area contributed by atoms with Crippen molar-refractivity contribution in [3.63, 3.8) is 0 Å². The summed E-state index contributed by atoms with van der Waals surface area (Å²) in [6.07, 6.45) is -0.0497. The zero-order chi connectivity index (χ0) is 11.9. The number of halogens is 1. The summed E-state index contributed by atoms with van der Waals surface area (Å²) in [5.74, 6) is -1.47. The van der Waals surface area contributed by atoms with Gasteiger partial charge in [0.05, 0.1) is 6.42 Å². The minimum Gasteiger partial charge on any atom is -0.481 e. The summed E-state index contributed by atoms with van der Waals surface area (Å²) < 4.78 is 13.1. The highest BCUT2D eigenvalue weighted by atomic mass is 19.1. The number of carboxylic acids is 1. The van der Waals surface area contributed by atoms with Gasteiger partial charge in [-0.3, -0.25) is 4.79 Å². The number of hydrogen-bond acceptors (Lipinski definition) is 2. The van der Waals surface area contributed by atoms with Gasteiger partial charge < -0.3 is 10.2 Å². The van der Waals surface area contributed by atoms with Crippen LogP contribution in [0, 0.1) is 5.82 Å². The van der Waals surface area contributed by atoms with E-state index in [9.17, 15) is 14.3 Å². The van der Waals surface area contributed by atoms with Gasteiger partial charge in [-0.1, -0.05) is 13.0 Å². The van der Waals surface area contributed by atoms with Crippen LogP contribution in [0.15, 0.2) is 18.2 Å². The fourth-order valence-corrected chi connectivity index (χ4v) is 2.51. The Morgan fingerprint density at radius 1 is 1.62 bits per heavy atom. The lowest BCUT2D eigenvalue weighted by molar-refractivity contribution is -0.143. The van der Waals surface area contributed by atoms with Crippen LogP contribution in [0.2, 0.25) is 0 Å². The van der Waals surface area contributed by atoms with Crippen molar-refractivity contribution in [2.24, 2.45) is 0 Å². The first kappa shape index (κ1) is 11.1. The van der Waals surface area contributed by atoms with Crippen LogP contribution < -0.4 is 0 Å². The van der Waals surface area contributed by atoms with E-state index in [-0.39, 0.29) is 12.3 Å². The number of rotatable bonds is 2. The maximum atomic E-state index is 13.1. The third kappa shape index (κ3) is 1.69. The summed E-state index contributed by atoms with van der Waals surface area (Å²) >= 11 is 0. The van der Waals surface area contributed by atoms with Gasteiger partial charge in [-0.15, -0.1) is 0 Å². The number of fused-ring (bicyclic) bond motifs is 1. The highest BCUT2D eigenvalue weighted by molar-refractivity contribution is 5.69. The molecule has 0 heterocycles. The molecule has 2 rings (SSSR count). The van der Waals surface area contributed by atoms with Crippen molar-refractivity contribution in [1.29, 1.82) is 0 Å². The molecule has 0 fully saturated rings. The minimum atomic E-state index is -1.43. The predicted molar refractivity (Wildman–Crippen MR) is 55.6 cm³/mol. The van der Waals surface area contributed by atoms with E-state index < -0.39 is 17.4 Å². The molecule has 4 heteroatoms. The zero-order valence-corrected chi connectivity index (χ0v) is 8.90. The van der Waals surface area contributed by atoms with Crippen molar-refractivity contribution in [2.45, 2.75) is 31.3 Å². The molecule has 0 saturated heterocycles. The van der Waals surface area contributed by atoms with Crippen molar-refractivity contribution in [3.05, 3.63) is 35.1 Å². The minimum absolute atomic E-state index is 0.0555. The quantitative estimate of drug-likeness (QED) is 0.807. The third-order valence-electron chi connectivity index (χ3n) is 3.14. The van der Waals surface area contributed by atoms with Gasteiger partial charge in [0.15, 0.2) is 0 Å². The van der Waals surface area contributed by atoms with Crippen molar-refractivity contribution in [1.82, 2.24) is 0 Å². The number of hydrogen-bond donors (Lipinski definition) is 2. The highest BCUT2D eigenvalue weighted by Crippen LogP contribution is 2.46. The molecule has 1 aliphatic carbocycles. The summed E-state index contributed by atoms with van der Waals surface area (Å²) in [5.41, 5.74) is -0.171. The first-order valence-corrected chi connectivity index (χ1v) is 5.16. The SMILES string of the molecule is CC1CC(O)(CC(=O)O)c2cc(F)ccc21. The maximum Gasteiger partial charge on any atom is 0.306 e. The molecule has 2 atom stereocenters. The summed E-state index contributed by atoms with van der Waals surface area (Å²) in [5, 5.41) is 19.0. The largest absolute Gasteiger partial charge is 0.481 e. The molecule has 2 unspecified atom stereocenters. The zero-order valence-electron chi connectivity index (χ0n) is 8.90. The van der Waals surface area contributed by atoms with Crippen LogP contribution in [0.25, 0.3) is 0 Å². The molecule has 0 saturated carbocycles. The first-order valence-electron chi connectivity index (χ1n) is 5.16. The standard InChI is InChI=1S/C12H13FO3/c1-7-5-12(16,6-11(14)15)10-4-8(13)2-3-9(7)10/h2-4,7,16H,5-6H2,1H3,(H,14,15). The molecule has 16 heavy (non-hydrogen) atoms. The van der Waals surface area contributed by atoms with Crippen molar-refractivity contribution >= 4 is 5.97 Å². The van der Waals surface area contributed by atoms with Gasteiger partial charge in [0, 0.05) is 0 Å². The van der Waals surface area contributed by atoms with Crippen LogP contribution in [0.5, 0.6) is 0 Å². The number of aliphatic carboxylic acids is 1. The van der Waals surface area contributed by atoms with Crippen molar-refractivity contribution in [2.75, 3.05) is 0 Å². The Kier molecular flexibility index (Phi) is 2.46. The van der Waals surface area contributed by atoms with E-state index >= 15 is 0 Å². The van der Waals surface area contributed by atoms with E-state index in [1.165, 1.54) is 12.1 Å². The molecular weight excluding hydrogens is 211 g/mol. The molecule has 1 aromatic rings. The van der Waals surface area contributed by atoms with E-state index in [1.54, 1.807) is 6.07 Å². The Hall–Kier alpha value is -1.42. The second kappa shape index (κ2) is 3.56. The number of benzene rings is 1. The topological polar surface area (TPSA) is 57.5 Å². The Balaban J connectivity index is 2.48. The van der Waals surface area contributed by atoms with Gasteiger partial charge >= 0.3 is 5.97 Å². The molecule has 86 valence electrons. The molecule has 0 bridgehead atoms. The molecule has 1 aromatic carbocycles. The molecule has 0 amide bonds. The molecule has 0 radical (unpaired) electrons. The maximum absolute atomic E-state index is 13.1. The summed E-state index contributed by atoms with van der Waals surface area (Å²) in [6.45, 7) is 1.90. The van der Waals surface area contributed by atoms with Crippen LogP contribution in [0.3, 0.4) is 0 Å². The van der Waals surface area contributed by atoms with E-state index in [0.717, 1.165) is 5.56 Å². The van der Waals surface area contributed by atoms with Gasteiger partial charge in [0.25, 0.3) is 0 Å². The molecule has 1 aliphatic rings. The van der Waals surface area contributed by atoms with E-state index in [0.29, 0.717) is 12.0 Å². The fraction of sp³-hybridized carbons (Fsp3) is 0.417. The number of carboxylic acid groups (broad SMARTS) is 1. The van der Waals surface area contributed by atoms with Crippen molar-refractivity contribution < 1.29 is 19.4 Å². The smallest absolute Gasteiger partial charge is 0.306 e. The van der Waals surface area contributed by atoms with Crippen molar-refractivity contribution in [3.8, 4) is 0 Å². The second-order valence-corrected chi connectivity index (χ2v) is 4.44. The van der Waals surface area contributed by atoms with E-state index in [2.05, 4.69) is 0 Å². The molecule has 0 aliphatic heterocycles. The third-order valence-corrected chi connectivity index (χ3v) is 3.14. The molecule has 0 spiro atoms. The Morgan fingerprint density at radius 3 is 2.94 bits per heavy atom. The normalized spacial score (nSPS) is 27.8. The molecule has 3 nitrogen and oxygen atoms in total. The molecule has 2 N–H and O–H groups in total. The lowest BCUT2D eigenvalue weighted by Crippen LogP contribution is -2.26. The summed E-state index contributed by atoms with van der Waals surface area (Å²) in [6, 6.07) is 4.19. The average Bonchev–Trinajstić information content (AvgIpc) is 2.37. The van der Waals surface area contributed by atoms with Crippen LogP contribution in [-0.4, -0.2) is 16.2 Å². The molecular formula is C12H13FO3. The van der Waals surface area contributed by atoms with E-state index in [4.69, 9.17) is 5.11 Å². The van der Waals surface area contributed by atoms with Gasteiger partial charge in [0.1, 0.15) is 11.4 Å². The predicted octanol–water partition coefficient (Wildman–Crippen LogP) is 2.00. The Morgan fingerprint density at radius 2 is 2.31 bits per heavy atom. The fourth-order valence-electron chi connectivity index (χ4n) is 2.51. The Labute approximate surface area is 92.5 Å². The van der Waals surface area contributed by atoms with Gasteiger partial charge in [0.2, 0.25) is 0 Å². The monoisotopic (exact) mass is 224 g/mol. The van der Waals surface area contributed by atoms with Crippen LogP contribution in [-0.2, 0) is 10.4 Å². The van der Waals surface area contributed by atoms with Crippen LogP contribution in [0.1, 0.15) is 36.8 Å². The number of aliphatic hydroxyl groups is 1. The van der Waals surface area contributed by atoms with Crippen LogP contribution >= 0.6 is 0 Å². The van der Waals surface area contributed by atoms with E-state index in [1.807, 2.05) is 6.92 Å².